The normalized spacial score (nSPS) is 14.9. The summed E-state index contributed by atoms with van der Waals surface area (Å²) in [5, 5.41) is 13.3. The van der Waals surface area contributed by atoms with Crippen LogP contribution in [-0.2, 0) is 13.0 Å². The number of β-amino-alcohol motifs (C(OH)–C–C–N with tert-alkyl or cyclic N) is 1. The van der Waals surface area contributed by atoms with Gasteiger partial charge < -0.3 is 19.9 Å². The van der Waals surface area contributed by atoms with Crippen LogP contribution in [0, 0.1) is 0 Å². The monoisotopic (exact) mass is 398 g/mol. The van der Waals surface area contributed by atoms with Crippen molar-refractivity contribution >= 4 is 5.91 Å². The van der Waals surface area contributed by atoms with Crippen LogP contribution >= 0.6 is 0 Å². The number of rotatable bonds is 8. The van der Waals surface area contributed by atoms with E-state index in [0.717, 1.165) is 19.5 Å². The Hall–Kier alpha value is -2.57. The molecule has 0 fully saturated rings. The van der Waals surface area contributed by atoms with Gasteiger partial charge in [-0.1, -0.05) is 24.3 Å². The second-order valence-corrected chi connectivity index (χ2v) is 7.65. The van der Waals surface area contributed by atoms with Crippen molar-refractivity contribution in [3.63, 3.8) is 0 Å². The number of nitrogens with one attached hydrogen (secondary N) is 1. The van der Waals surface area contributed by atoms with Crippen LogP contribution in [0.5, 0.6) is 11.5 Å². The van der Waals surface area contributed by atoms with Crippen molar-refractivity contribution in [2.75, 3.05) is 26.7 Å². The first kappa shape index (κ1) is 21.1. The fraction of sp³-hybridized carbons (Fsp3) is 0.435. The second kappa shape index (κ2) is 9.76. The molecule has 3 rings (SSSR count). The standard InChI is InChI=1S/C23H30N2O4/c1-16(2)29-22-12-20(28-3)8-9-21(22)23(27)24-13-19(26)15-25-11-10-17-6-4-5-7-18(17)14-25/h4-9,12,16,19,26H,10-11,13-15H2,1-3H3,(H,24,27)/t19-/m1/s1. The molecular formula is C23H30N2O4. The topological polar surface area (TPSA) is 71.0 Å². The van der Waals surface area contributed by atoms with E-state index in [1.807, 2.05) is 19.9 Å². The fourth-order valence-electron chi connectivity index (χ4n) is 3.55. The average Bonchev–Trinajstić information content (AvgIpc) is 2.71. The van der Waals surface area contributed by atoms with E-state index in [0.29, 0.717) is 23.6 Å². The largest absolute Gasteiger partial charge is 0.497 e. The lowest BCUT2D eigenvalue weighted by molar-refractivity contribution is 0.0837. The van der Waals surface area contributed by atoms with Crippen molar-refractivity contribution in [3.8, 4) is 11.5 Å². The molecule has 156 valence electrons. The molecule has 1 aliphatic heterocycles. The molecule has 0 aromatic heterocycles. The van der Waals surface area contributed by atoms with Gasteiger partial charge in [0, 0.05) is 32.2 Å². The van der Waals surface area contributed by atoms with Gasteiger partial charge in [0.15, 0.2) is 0 Å². The number of ether oxygens (including phenoxy) is 2. The number of benzene rings is 2. The Morgan fingerprint density at radius 1 is 1.21 bits per heavy atom. The van der Waals surface area contributed by atoms with Gasteiger partial charge >= 0.3 is 0 Å². The smallest absolute Gasteiger partial charge is 0.255 e. The summed E-state index contributed by atoms with van der Waals surface area (Å²) in [6.07, 6.45) is 0.273. The Morgan fingerprint density at radius 2 is 1.97 bits per heavy atom. The number of fused-ring (bicyclic) bond motifs is 1. The third kappa shape index (κ3) is 5.71. The van der Waals surface area contributed by atoms with Gasteiger partial charge in [0.2, 0.25) is 0 Å². The minimum Gasteiger partial charge on any atom is -0.497 e. The van der Waals surface area contributed by atoms with E-state index < -0.39 is 6.10 Å². The molecule has 2 aromatic rings. The van der Waals surface area contributed by atoms with E-state index in [9.17, 15) is 9.90 Å². The van der Waals surface area contributed by atoms with Crippen molar-refractivity contribution in [2.45, 2.75) is 39.0 Å². The van der Waals surface area contributed by atoms with E-state index in [4.69, 9.17) is 9.47 Å². The Balaban J connectivity index is 1.55. The van der Waals surface area contributed by atoms with Gasteiger partial charge in [-0.3, -0.25) is 9.69 Å². The van der Waals surface area contributed by atoms with Crippen LogP contribution in [0.25, 0.3) is 0 Å². The maximum Gasteiger partial charge on any atom is 0.255 e. The molecule has 1 heterocycles. The molecule has 0 radical (unpaired) electrons. The first-order chi connectivity index (χ1) is 14.0. The van der Waals surface area contributed by atoms with E-state index in [-0.39, 0.29) is 18.6 Å². The van der Waals surface area contributed by atoms with Crippen LogP contribution in [-0.4, -0.2) is 54.9 Å². The Kier molecular flexibility index (Phi) is 7.12. The lowest BCUT2D eigenvalue weighted by Gasteiger charge is -2.30. The van der Waals surface area contributed by atoms with E-state index in [2.05, 4.69) is 28.4 Å². The summed E-state index contributed by atoms with van der Waals surface area (Å²) in [4.78, 5) is 14.9. The van der Waals surface area contributed by atoms with Crippen LogP contribution in [0.1, 0.15) is 35.3 Å². The summed E-state index contributed by atoms with van der Waals surface area (Å²) in [7, 11) is 1.57. The van der Waals surface area contributed by atoms with E-state index in [1.165, 1.54) is 11.1 Å². The Morgan fingerprint density at radius 3 is 2.69 bits per heavy atom. The van der Waals surface area contributed by atoms with Gasteiger partial charge in [-0.05, 0) is 43.5 Å². The molecule has 1 atom stereocenters. The van der Waals surface area contributed by atoms with Crippen molar-refractivity contribution in [1.29, 1.82) is 0 Å². The highest BCUT2D eigenvalue weighted by molar-refractivity contribution is 5.97. The number of aliphatic hydroxyl groups is 1. The van der Waals surface area contributed by atoms with Crippen molar-refractivity contribution in [2.24, 2.45) is 0 Å². The number of amides is 1. The quantitative estimate of drug-likeness (QED) is 0.715. The molecule has 0 saturated carbocycles. The van der Waals surface area contributed by atoms with Crippen molar-refractivity contribution < 1.29 is 19.4 Å². The second-order valence-electron chi connectivity index (χ2n) is 7.65. The molecular weight excluding hydrogens is 368 g/mol. The highest BCUT2D eigenvalue weighted by atomic mass is 16.5. The predicted molar refractivity (Wildman–Crippen MR) is 113 cm³/mol. The SMILES string of the molecule is COc1ccc(C(=O)NC[C@@H](O)CN2CCc3ccccc3C2)c(OC(C)C)c1. The van der Waals surface area contributed by atoms with Crippen molar-refractivity contribution in [1.82, 2.24) is 10.2 Å². The lowest BCUT2D eigenvalue weighted by atomic mass is 10.00. The van der Waals surface area contributed by atoms with Gasteiger partial charge in [0.1, 0.15) is 11.5 Å². The van der Waals surface area contributed by atoms with Gasteiger partial charge in [-0.15, -0.1) is 0 Å². The highest BCUT2D eigenvalue weighted by Gasteiger charge is 2.20. The van der Waals surface area contributed by atoms with Gasteiger partial charge in [0.05, 0.1) is 24.9 Å². The minimum atomic E-state index is -0.642. The maximum atomic E-state index is 12.7. The summed E-state index contributed by atoms with van der Waals surface area (Å²) >= 11 is 0. The number of hydrogen-bond acceptors (Lipinski definition) is 5. The molecule has 6 heteroatoms. The molecule has 6 nitrogen and oxygen atoms in total. The Labute approximate surface area is 172 Å². The summed E-state index contributed by atoms with van der Waals surface area (Å²) < 4.78 is 11.0. The third-order valence-electron chi connectivity index (χ3n) is 4.97. The Bertz CT molecular complexity index is 837. The van der Waals surface area contributed by atoms with Gasteiger partial charge in [0.25, 0.3) is 5.91 Å². The van der Waals surface area contributed by atoms with E-state index in [1.54, 1.807) is 25.3 Å². The lowest BCUT2D eigenvalue weighted by Crippen LogP contribution is -2.42. The number of carbonyl (C=O) groups is 1. The third-order valence-corrected chi connectivity index (χ3v) is 4.97. The molecule has 0 aliphatic carbocycles. The number of nitrogens with zero attached hydrogens (tertiary/aromatic N) is 1. The average molecular weight is 399 g/mol. The summed E-state index contributed by atoms with van der Waals surface area (Å²) in [5.41, 5.74) is 3.12. The molecule has 1 aliphatic rings. The number of hydrogen-bond donors (Lipinski definition) is 2. The zero-order valence-corrected chi connectivity index (χ0v) is 17.4. The van der Waals surface area contributed by atoms with Gasteiger partial charge in [-0.2, -0.15) is 0 Å². The number of carbonyl (C=O) groups excluding carboxylic acids is 1. The molecule has 0 saturated heterocycles. The summed E-state index contributed by atoms with van der Waals surface area (Å²) in [6.45, 7) is 6.25. The zero-order valence-electron chi connectivity index (χ0n) is 17.4. The maximum absolute atomic E-state index is 12.7. The van der Waals surface area contributed by atoms with Crippen LogP contribution in [0.4, 0.5) is 0 Å². The first-order valence-electron chi connectivity index (χ1n) is 10.1. The predicted octanol–water partition coefficient (Wildman–Crippen LogP) is 2.63. The summed E-state index contributed by atoms with van der Waals surface area (Å²) in [5.74, 6) is 0.827. The fourth-order valence-corrected chi connectivity index (χ4v) is 3.55. The van der Waals surface area contributed by atoms with Crippen LogP contribution in [0.15, 0.2) is 42.5 Å². The highest BCUT2D eigenvalue weighted by Crippen LogP contribution is 2.26. The van der Waals surface area contributed by atoms with Crippen LogP contribution < -0.4 is 14.8 Å². The summed E-state index contributed by atoms with van der Waals surface area (Å²) in [6, 6.07) is 13.5. The molecule has 29 heavy (non-hydrogen) atoms. The zero-order chi connectivity index (χ0) is 20.8. The van der Waals surface area contributed by atoms with Crippen molar-refractivity contribution in [3.05, 3.63) is 59.2 Å². The minimum absolute atomic E-state index is 0.0683. The molecule has 0 bridgehead atoms. The van der Waals surface area contributed by atoms with Crippen LogP contribution in [0.2, 0.25) is 0 Å². The number of methoxy groups -OCH3 is 1. The number of aliphatic hydroxyl groups excluding tert-OH is 1. The molecule has 0 spiro atoms. The van der Waals surface area contributed by atoms with E-state index >= 15 is 0 Å². The molecule has 0 unspecified atom stereocenters. The molecule has 2 N–H and O–H groups in total. The molecule has 2 aromatic carbocycles. The molecule has 1 amide bonds. The van der Waals surface area contributed by atoms with Gasteiger partial charge in [-0.25, -0.2) is 0 Å². The van der Waals surface area contributed by atoms with Crippen LogP contribution in [0.3, 0.4) is 0 Å². The first-order valence-corrected chi connectivity index (χ1v) is 10.1.